The Morgan fingerprint density at radius 2 is 2.22 bits per heavy atom. The van der Waals surface area contributed by atoms with Gasteiger partial charge in [-0.25, -0.2) is 0 Å². The van der Waals surface area contributed by atoms with Gasteiger partial charge in [-0.15, -0.1) is 0 Å². The first kappa shape index (κ1) is 7.69. The van der Waals surface area contributed by atoms with E-state index in [9.17, 15) is 5.11 Å². The number of rotatable bonds is 3. The molecular weight excluding hydrogens is 114 g/mol. The Hall–Kier alpha value is -1.31. The Bertz CT molecular complexity index is 156. The van der Waals surface area contributed by atoms with Crippen molar-refractivity contribution in [3.63, 3.8) is 0 Å². The van der Waals surface area contributed by atoms with Crippen molar-refractivity contribution in [2.75, 3.05) is 0 Å². The fourth-order valence-electron chi connectivity index (χ4n) is 0.290. The van der Waals surface area contributed by atoms with Gasteiger partial charge in [0.15, 0.2) is 0 Å². The summed E-state index contributed by atoms with van der Waals surface area (Å²) in [5.41, 5.74) is 0.435. The lowest BCUT2D eigenvalue weighted by Crippen LogP contribution is -1.95. The molecule has 0 saturated heterocycles. The summed E-state index contributed by atoms with van der Waals surface area (Å²) < 4.78 is 0. The Morgan fingerprint density at radius 3 is 2.67 bits per heavy atom. The molecule has 0 radical (unpaired) electrons. The summed E-state index contributed by atoms with van der Waals surface area (Å²) in [6.45, 7) is 6.88. The van der Waals surface area contributed by atoms with Crippen molar-refractivity contribution in [3.8, 4) is 0 Å². The van der Waals surface area contributed by atoms with Crippen molar-refractivity contribution in [1.29, 1.82) is 0 Å². The number of allylic oxidation sites excluding steroid dienone is 3. The fourth-order valence-corrected chi connectivity index (χ4v) is 0.290. The molecule has 0 fully saturated rings. The second kappa shape index (κ2) is 4.84. The van der Waals surface area contributed by atoms with Crippen LogP contribution >= 0.6 is 0 Å². The highest BCUT2D eigenvalue weighted by molar-refractivity contribution is 5.44. The molecule has 0 saturated carbocycles. The minimum Gasteiger partial charge on any atom is -0.864 e. The maximum atomic E-state index is 9.69. The molecule has 0 N–H and O–H groups in total. The van der Waals surface area contributed by atoms with Gasteiger partial charge in [0, 0.05) is 0 Å². The van der Waals surface area contributed by atoms with Crippen molar-refractivity contribution in [1.82, 2.24) is 0 Å². The van der Waals surface area contributed by atoms with E-state index in [1.165, 1.54) is 0 Å². The van der Waals surface area contributed by atoms with Gasteiger partial charge in [-0.05, 0) is 6.08 Å². The molecule has 0 bridgehead atoms. The van der Waals surface area contributed by atoms with E-state index in [1.807, 2.05) is 0 Å². The maximum Gasteiger partial charge on any atom is 0.0543 e. The van der Waals surface area contributed by atoms with Crippen LogP contribution in [0.4, 0.5) is 0 Å². The van der Waals surface area contributed by atoms with Gasteiger partial charge >= 0.3 is 0 Å². The zero-order valence-electron chi connectivity index (χ0n) is 5.08. The molecule has 0 spiro atoms. The number of hydrogen-bond donors (Lipinski definition) is 0. The summed E-state index contributed by atoms with van der Waals surface area (Å²) in [6.07, 6.45) is 5.30. The number of nitrogens with zero attached hydrogens (tertiary/aromatic N) is 1. The molecular formula is C7H8NO-. The minimum atomic E-state index is 0.435. The van der Waals surface area contributed by atoms with Gasteiger partial charge in [0.2, 0.25) is 0 Å². The smallest absolute Gasteiger partial charge is 0.0543 e. The lowest BCUT2D eigenvalue weighted by molar-refractivity contribution is -0.200. The van der Waals surface area contributed by atoms with Crippen LogP contribution in [0.1, 0.15) is 0 Å². The minimum absolute atomic E-state index is 0.435. The first-order chi connectivity index (χ1) is 4.31. The van der Waals surface area contributed by atoms with E-state index in [0.29, 0.717) is 12.1 Å². The molecule has 0 aliphatic rings. The van der Waals surface area contributed by atoms with Crippen molar-refractivity contribution in [2.45, 2.75) is 0 Å². The van der Waals surface area contributed by atoms with Crippen LogP contribution in [0.15, 0.2) is 42.1 Å². The second-order valence-electron chi connectivity index (χ2n) is 1.32. The predicted octanol–water partition coefficient (Wildman–Crippen LogP) is 0.631. The highest BCUT2D eigenvalue weighted by Crippen LogP contribution is 1.91. The van der Waals surface area contributed by atoms with Crippen molar-refractivity contribution in [3.05, 3.63) is 37.1 Å². The van der Waals surface area contributed by atoms with Gasteiger partial charge in [-0.1, -0.05) is 31.7 Å². The molecule has 0 rings (SSSR count). The van der Waals surface area contributed by atoms with Gasteiger partial charge < -0.3 is 5.11 Å². The van der Waals surface area contributed by atoms with E-state index in [-0.39, 0.29) is 0 Å². The lowest BCUT2D eigenvalue weighted by atomic mass is 10.4. The normalized spacial score (nSPS) is 10.7. The SMILES string of the molecule is C=C/C=C\C(=C)N=C[O-]. The summed E-state index contributed by atoms with van der Waals surface area (Å²) in [6, 6.07) is 0. The van der Waals surface area contributed by atoms with Crippen LogP contribution in [0, 0.1) is 0 Å². The van der Waals surface area contributed by atoms with Crippen LogP contribution in [0.5, 0.6) is 0 Å². The zero-order valence-corrected chi connectivity index (χ0v) is 5.08. The Kier molecular flexibility index (Phi) is 4.14. The largest absolute Gasteiger partial charge is 0.864 e. The molecule has 0 aliphatic carbocycles. The average molecular weight is 122 g/mol. The summed E-state index contributed by atoms with van der Waals surface area (Å²) in [4.78, 5) is 3.35. The van der Waals surface area contributed by atoms with Gasteiger partial charge in [0.25, 0.3) is 0 Å². The molecule has 9 heavy (non-hydrogen) atoms. The summed E-state index contributed by atoms with van der Waals surface area (Å²) in [5.74, 6) is 0. The van der Waals surface area contributed by atoms with E-state index in [0.717, 1.165) is 0 Å². The standard InChI is InChI=1S/C7H9NO/c1-3-4-5-7(2)8-6-9/h3-6H,1-2H2,(H,8,9)/p-1/b5-4-. The topological polar surface area (TPSA) is 35.4 Å². The van der Waals surface area contributed by atoms with Crippen LogP contribution in [0.25, 0.3) is 0 Å². The quantitative estimate of drug-likeness (QED) is 0.307. The van der Waals surface area contributed by atoms with Crippen molar-refractivity contribution in [2.24, 2.45) is 4.99 Å². The van der Waals surface area contributed by atoms with Crippen molar-refractivity contribution < 1.29 is 5.11 Å². The third kappa shape index (κ3) is 4.55. The number of hydrogen-bond acceptors (Lipinski definition) is 2. The van der Waals surface area contributed by atoms with Gasteiger partial charge in [-0.2, -0.15) is 0 Å². The first-order valence-corrected chi connectivity index (χ1v) is 2.43. The molecule has 0 aromatic rings. The van der Waals surface area contributed by atoms with Crippen molar-refractivity contribution >= 4 is 6.40 Å². The number of aliphatic imine (C=N–C) groups is 1. The van der Waals surface area contributed by atoms with Gasteiger partial charge in [0.05, 0.1) is 5.70 Å². The predicted molar refractivity (Wildman–Crippen MR) is 37.0 cm³/mol. The molecule has 0 heterocycles. The lowest BCUT2D eigenvalue weighted by Gasteiger charge is -1.89. The van der Waals surface area contributed by atoms with Gasteiger partial charge in [0.1, 0.15) is 0 Å². The third-order valence-corrected chi connectivity index (χ3v) is 0.643. The summed E-state index contributed by atoms with van der Waals surface area (Å²) in [7, 11) is 0. The van der Waals surface area contributed by atoms with Crippen LogP contribution < -0.4 is 5.11 Å². The molecule has 0 aromatic heterocycles. The van der Waals surface area contributed by atoms with E-state index < -0.39 is 0 Å². The van der Waals surface area contributed by atoms with Crippen LogP contribution in [-0.2, 0) is 0 Å². The maximum absolute atomic E-state index is 9.69. The molecule has 0 aromatic carbocycles. The zero-order chi connectivity index (χ0) is 7.11. The molecule has 2 heteroatoms. The summed E-state index contributed by atoms with van der Waals surface area (Å²) in [5, 5.41) is 9.69. The monoisotopic (exact) mass is 122 g/mol. The second-order valence-corrected chi connectivity index (χ2v) is 1.32. The van der Waals surface area contributed by atoms with E-state index in [2.05, 4.69) is 18.2 Å². The van der Waals surface area contributed by atoms with E-state index >= 15 is 0 Å². The molecule has 0 atom stereocenters. The van der Waals surface area contributed by atoms with Crippen LogP contribution in [-0.4, -0.2) is 6.40 Å². The molecule has 0 unspecified atom stereocenters. The fraction of sp³-hybridized carbons (Fsp3) is 0. The third-order valence-electron chi connectivity index (χ3n) is 0.643. The Labute approximate surface area is 54.5 Å². The highest BCUT2D eigenvalue weighted by Gasteiger charge is 1.72. The summed E-state index contributed by atoms with van der Waals surface area (Å²) >= 11 is 0. The Balaban J connectivity index is 3.76. The highest BCUT2D eigenvalue weighted by atomic mass is 16.3. The van der Waals surface area contributed by atoms with Gasteiger partial charge in [-0.3, -0.25) is 4.99 Å². The molecule has 0 aliphatic heterocycles. The van der Waals surface area contributed by atoms with Crippen LogP contribution in [0.3, 0.4) is 0 Å². The molecule has 2 nitrogen and oxygen atoms in total. The van der Waals surface area contributed by atoms with Crippen LogP contribution in [0.2, 0.25) is 0 Å². The Morgan fingerprint density at radius 1 is 1.56 bits per heavy atom. The van der Waals surface area contributed by atoms with E-state index in [1.54, 1.807) is 18.2 Å². The first-order valence-electron chi connectivity index (χ1n) is 2.43. The average Bonchev–Trinajstić information content (AvgIpc) is 1.85. The molecule has 0 amide bonds. The van der Waals surface area contributed by atoms with E-state index in [4.69, 9.17) is 0 Å². The molecule has 48 valence electrons.